The van der Waals surface area contributed by atoms with Crippen LogP contribution in [0.5, 0.6) is 0 Å². The maximum Gasteiger partial charge on any atom is 0.152 e. The molecule has 0 N–H and O–H groups in total. The number of aromatic nitrogens is 3. The lowest BCUT2D eigenvalue weighted by atomic mass is 10.2. The molecule has 4 nitrogen and oxygen atoms in total. The fourth-order valence-corrected chi connectivity index (χ4v) is 2.10. The molecule has 1 unspecified atom stereocenters. The minimum Gasteiger partial charge on any atom is -0.382 e. The highest BCUT2D eigenvalue weighted by molar-refractivity contribution is 6.16. The Kier molecular flexibility index (Phi) is 4.93. The van der Waals surface area contributed by atoms with Crippen LogP contribution in [-0.4, -0.2) is 28.0 Å². The van der Waals surface area contributed by atoms with Crippen LogP contribution in [0, 0.1) is 0 Å². The lowest BCUT2D eigenvalue weighted by Crippen LogP contribution is -2.10. The van der Waals surface area contributed by atoms with Crippen molar-refractivity contribution >= 4 is 11.6 Å². The fraction of sp³-hybridized carbons (Fsp3) is 0.429. The van der Waals surface area contributed by atoms with Crippen LogP contribution in [0.15, 0.2) is 30.3 Å². The van der Waals surface area contributed by atoms with Crippen molar-refractivity contribution in [2.24, 2.45) is 0 Å². The molecule has 2 rings (SSSR count). The molecule has 0 saturated heterocycles. The van der Waals surface area contributed by atoms with Crippen LogP contribution >= 0.6 is 11.6 Å². The van der Waals surface area contributed by atoms with Gasteiger partial charge in [0.1, 0.15) is 5.82 Å². The van der Waals surface area contributed by atoms with Crippen LogP contribution in [-0.2, 0) is 17.0 Å². The van der Waals surface area contributed by atoms with E-state index in [1.54, 1.807) is 7.11 Å². The minimum absolute atomic E-state index is 0.209. The summed E-state index contributed by atoms with van der Waals surface area (Å²) in [4.78, 5) is 0. The molecule has 0 aliphatic carbocycles. The molecule has 0 fully saturated rings. The van der Waals surface area contributed by atoms with Crippen LogP contribution in [0.25, 0.3) is 5.69 Å². The Morgan fingerprint density at radius 2 is 1.89 bits per heavy atom. The van der Waals surface area contributed by atoms with Crippen LogP contribution in [0.1, 0.15) is 25.0 Å². The topological polar surface area (TPSA) is 39.9 Å². The van der Waals surface area contributed by atoms with Crippen molar-refractivity contribution in [2.75, 3.05) is 7.11 Å². The van der Waals surface area contributed by atoms with Crippen molar-refractivity contribution in [2.45, 2.75) is 31.7 Å². The molecule has 19 heavy (non-hydrogen) atoms. The number of hydrogen-bond acceptors (Lipinski definition) is 3. The average molecular weight is 280 g/mol. The third-order valence-electron chi connectivity index (χ3n) is 3.11. The van der Waals surface area contributed by atoms with Crippen molar-refractivity contribution in [3.8, 4) is 5.69 Å². The lowest BCUT2D eigenvalue weighted by molar-refractivity contribution is 0.110. The van der Waals surface area contributed by atoms with Gasteiger partial charge < -0.3 is 4.74 Å². The van der Waals surface area contributed by atoms with Gasteiger partial charge in [-0.1, -0.05) is 18.2 Å². The number of ether oxygens (including phenoxy) is 1. The molecular weight excluding hydrogens is 262 g/mol. The van der Waals surface area contributed by atoms with Gasteiger partial charge in [0, 0.05) is 19.2 Å². The maximum absolute atomic E-state index is 5.94. The van der Waals surface area contributed by atoms with Gasteiger partial charge in [0.05, 0.1) is 12.0 Å². The van der Waals surface area contributed by atoms with Crippen molar-refractivity contribution in [1.82, 2.24) is 14.8 Å². The second-order valence-corrected chi connectivity index (χ2v) is 4.69. The van der Waals surface area contributed by atoms with Crippen LogP contribution in [0.2, 0.25) is 0 Å². The van der Waals surface area contributed by atoms with E-state index in [-0.39, 0.29) is 6.10 Å². The van der Waals surface area contributed by atoms with E-state index in [1.807, 2.05) is 41.8 Å². The van der Waals surface area contributed by atoms with E-state index in [9.17, 15) is 0 Å². The molecule has 102 valence electrons. The third kappa shape index (κ3) is 3.33. The molecule has 0 aliphatic rings. The first-order chi connectivity index (χ1) is 9.26. The van der Waals surface area contributed by atoms with Gasteiger partial charge in [0.25, 0.3) is 0 Å². The number of benzene rings is 1. The molecular formula is C14H18ClN3O. The van der Waals surface area contributed by atoms with E-state index in [0.29, 0.717) is 5.88 Å². The molecule has 0 aliphatic heterocycles. The number of hydrogen-bond donors (Lipinski definition) is 0. The summed E-state index contributed by atoms with van der Waals surface area (Å²) >= 11 is 5.94. The minimum atomic E-state index is 0.209. The second kappa shape index (κ2) is 6.68. The number of methoxy groups -OCH3 is 1. The first-order valence-electron chi connectivity index (χ1n) is 6.33. The van der Waals surface area contributed by atoms with Gasteiger partial charge in [-0.25, -0.2) is 0 Å². The smallest absolute Gasteiger partial charge is 0.152 e. The van der Waals surface area contributed by atoms with Crippen LogP contribution in [0.3, 0.4) is 0 Å². The van der Waals surface area contributed by atoms with Crippen molar-refractivity contribution in [3.63, 3.8) is 0 Å². The number of para-hydroxylation sites is 1. The molecule has 0 radical (unpaired) electrons. The Morgan fingerprint density at radius 3 is 2.53 bits per heavy atom. The van der Waals surface area contributed by atoms with Gasteiger partial charge in [-0.2, -0.15) is 0 Å². The van der Waals surface area contributed by atoms with E-state index >= 15 is 0 Å². The monoisotopic (exact) mass is 279 g/mol. The molecule has 1 heterocycles. The van der Waals surface area contributed by atoms with E-state index in [1.165, 1.54) is 0 Å². The van der Waals surface area contributed by atoms with E-state index < -0.39 is 0 Å². The fourth-order valence-electron chi connectivity index (χ4n) is 1.93. The lowest BCUT2D eigenvalue weighted by Gasteiger charge is -2.11. The van der Waals surface area contributed by atoms with Gasteiger partial charge in [0.2, 0.25) is 0 Å². The highest BCUT2D eigenvalue weighted by Crippen LogP contribution is 2.16. The molecule has 2 aromatic rings. The molecule has 5 heteroatoms. The molecule has 0 spiro atoms. The quantitative estimate of drug-likeness (QED) is 0.763. The Balaban J connectivity index is 2.27. The first kappa shape index (κ1) is 14.0. The Morgan fingerprint density at radius 1 is 1.21 bits per heavy atom. The normalized spacial score (nSPS) is 12.6. The van der Waals surface area contributed by atoms with E-state index in [0.717, 1.165) is 30.2 Å². The average Bonchev–Trinajstić information content (AvgIpc) is 2.88. The van der Waals surface area contributed by atoms with E-state index in [2.05, 4.69) is 10.2 Å². The summed E-state index contributed by atoms with van der Waals surface area (Å²) in [5.74, 6) is 2.04. The summed E-state index contributed by atoms with van der Waals surface area (Å²) in [5.41, 5.74) is 1.04. The summed E-state index contributed by atoms with van der Waals surface area (Å²) < 4.78 is 7.29. The first-order valence-corrected chi connectivity index (χ1v) is 6.87. The number of halogens is 1. The molecule has 1 aromatic heterocycles. The van der Waals surface area contributed by atoms with Gasteiger partial charge in [-0.15, -0.1) is 21.8 Å². The van der Waals surface area contributed by atoms with Gasteiger partial charge in [-0.3, -0.25) is 4.57 Å². The SMILES string of the molecule is COC(C)CCc1nnc(CCl)n1-c1ccccc1. The number of alkyl halides is 1. The number of rotatable bonds is 6. The summed E-state index contributed by atoms with van der Waals surface area (Å²) in [7, 11) is 1.72. The largest absolute Gasteiger partial charge is 0.382 e. The van der Waals surface area contributed by atoms with Gasteiger partial charge in [-0.05, 0) is 25.5 Å². The highest BCUT2D eigenvalue weighted by Gasteiger charge is 2.13. The zero-order chi connectivity index (χ0) is 13.7. The zero-order valence-electron chi connectivity index (χ0n) is 11.2. The Hall–Kier alpha value is -1.39. The van der Waals surface area contributed by atoms with Crippen LogP contribution < -0.4 is 0 Å². The third-order valence-corrected chi connectivity index (χ3v) is 3.35. The molecule has 1 aromatic carbocycles. The number of aryl methyl sites for hydroxylation is 1. The molecule has 1 atom stereocenters. The van der Waals surface area contributed by atoms with Gasteiger partial charge >= 0.3 is 0 Å². The van der Waals surface area contributed by atoms with Crippen molar-refractivity contribution in [1.29, 1.82) is 0 Å². The summed E-state index contributed by atoms with van der Waals surface area (Å²) in [6, 6.07) is 10.0. The van der Waals surface area contributed by atoms with E-state index in [4.69, 9.17) is 16.3 Å². The summed E-state index contributed by atoms with van der Waals surface area (Å²) in [5, 5.41) is 8.40. The van der Waals surface area contributed by atoms with Crippen LogP contribution in [0.4, 0.5) is 0 Å². The predicted molar refractivity (Wildman–Crippen MR) is 75.7 cm³/mol. The zero-order valence-corrected chi connectivity index (χ0v) is 12.0. The van der Waals surface area contributed by atoms with Crippen molar-refractivity contribution < 1.29 is 4.74 Å². The molecule has 0 saturated carbocycles. The molecule has 0 amide bonds. The van der Waals surface area contributed by atoms with Crippen molar-refractivity contribution in [3.05, 3.63) is 42.0 Å². The molecule has 0 bridgehead atoms. The van der Waals surface area contributed by atoms with Gasteiger partial charge in [0.15, 0.2) is 5.82 Å². The maximum atomic E-state index is 5.94. The Bertz CT molecular complexity index is 513. The number of nitrogens with zero attached hydrogens (tertiary/aromatic N) is 3. The summed E-state index contributed by atoms with van der Waals surface area (Å²) in [6.45, 7) is 2.05. The second-order valence-electron chi connectivity index (χ2n) is 4.42. The predicted octanol–water partition coefficient (Wildman–Crippen LogP) is 2.97. The summed E-state index contributed by atoms with van der Waals surface area (Å²) in [6.07, 6.45) is 1.93. The Labute approximate surface area is 118 Å². The highest BCUT2D eigenvalue weighted by atomic mass is 35.5. The standard InChI is InChI=1S/C14H18ClN3O/c1-11(19-2)8-9-13-16-17-14(10-15)18(13)12-6-4-3-5-7-12/h3-7,11H,8-10H2,1-2H3.